The normalized spacial score (nSPS) is 18.9. The minimum atomic E-state index is 0.210. The minimum absolute atomic E-state index is 0.210. The fraction of sp³-hybridized carbons (Fsp3) is 0.625. The van der Waals surface area contributed by atoms with E-state index in [2.05, 4.69) is 36.2 Å². The van der Waals surface area contributed by atoms with Crippen molar-refractivity contribution in [1.29, 1.82) is 0 Å². The van der Waals surface area contributed by atoms with Crippen molar-refractivity contribution in [3.63, 3.8) is 0 Å². The topological polar surface area (TPSA) is 33.7 Å². The molecule has 0 spiro atoms. The monoisotopic (exact) mass is 278 g/mol. The van der Waals surface area contributed by atoms with Gasteiger partial charge in [-0.1, -0.05) is 12.1 Å². The molecule has 1 aliphatic rings. The Labute approximate surface area is 122 Å². The van der Waals surface area contributed by atoms with Crippen LogP contribution in [-0.2, 0) is 11.3 Å². The van der Waals surface area contributed by atoms with Crippen LogP contribution < -0.4 is 10.1 Å². The molecule has 0 atom stereocenters. The molecule has 112 valence electrons. The summed E-state index contributed by atoms with van der Waals surface area (Å²) in [6, 6.07) is 8.38. The van der Waals surface area contributed by atoms with Crippen molar-refractivity contribution in [2.75, 3.05) is 40.0 Å². The van der Waals surface area contributed by atoms with Gasteiger partial charge in [-0.05, 0) is 31.5 Å². The molecule has 1 heterocycles. The first-order valence-electron chi connectivity index (χ1n) is 7.27. The molecule has 4 heteroatoms. The molecule has 0 bridgehead atoms. The summed E-state index contributed by atoms with van der Waals surface area (Å²) >= 11 is 0. The Morgan fingerprint density at radius 1 is 1.20 bits per heavy atom. The van der Waals surface area contributed by atoms with Crippen LogP contribution in [-0.4, -0.2) is 50.4 Å². The van der Waals surface area contributed by atoms with E-state index in [1.54, 1.807) is 7.11 Å². The molecule has 1 saturated heterocycles. The van der Waals surface area contributed by atoms with Crippen LogP contribution in [0.2, 0.25) is 0 Å². The summed E-state index contributed by atoms with van der Waals surface area (Å²) in [6.07, 6.45) is 0. The highest BCUT2D eigenvalue weighted by Crippen LogP contribution is 2.16. The zero-order chi connectivity index (χ0) is 14.4. The number of rotatable bonds is 6. The highest BCUT2D eigenvalue weighted by atomic mass is 16.5. The molecule has 4 nitrogen and oxygen atoms in total. The van der Waals surface area contributed by atoms with Gasteiger partial charge in [0.05, 0.1) is 6.61 Å². The molecular weight excluding hydrogens is 252 g/mol. The van der Waals surface area contributed by atoms with Gasteiger partial charge in [0.15, 0.2) is 0 Å². The molecule has 2 rings (SSSR count). The van der Waals surface area contributed by atoms with Crippen molar-refractivity contribution in [2.24, 2.45) is 0 Å². The summed E-state index contributed by atoms with van der Waals surface area (Å²) in [7, 11) is 1.68. The standard InChI is InChI=1S/C16H26N2O2/c1-16(2)13-18(9-8-17-16)12-14-4-6-15(7-5-14)20-11-10-19-3/h4-7,17H,8-13H2,1-3H3. The molecule has 0 aromatic heterocycles. The number of hydrogen-bond donors (Lipinski definition) is 1. The van der Waals surface area contributed by atoms with Crippen molar-refractivity contribution in [2.45, 2.75) is 25.9 Å². The van der Waals surface area contributed by atoms with E-state index in [1.807, 2.05) is 12.1 Å². The molecule has 1 fully saturated rings. The Hall–Kier alpha value is -1.10. The molecule has 0 unspecified atom stereocenters. The third-order valence-corrected chi connectivity index (χ3v) is 3.54. The molecular formula is C16H26N2O2. The van der Waals surface area contributed by atoms with Gasteiger partial charge in [0.25, 0.3) is 0 Å². The average Bonchev–Trinajstić information content (AvgIpc) is 2.40. The molecule has 0 amide bonds. The highest BCUT2D eigenvalue weighted by molar-refractivity contribution is 5.27. The van der Waals surface area contributed by atoms with Crippen LogP contribution in [0.25, 0.3) is 0 Å². The number of nitrogens with one attached hydrogen (secondary N) is 1. The lowest BCUT2D eigenvalue weighted by Gasteiger charge is -2.39. The molecule has 1 aromatic rings. The van der Waals surface area contributed by atoms with Gasteiger partial charge >= 0.3 is 0 Å². The van der Waals surface area contributed by atoms with Crippen molar-refractivity contribution < 1.29 is 9.47 Å². The first-order valence-corrected chi connectivity index (χ1v) is 7.27. The van der Waals surface area contributed by atoms with E-state index in [9.17, 15) is 0 Å². The largest absolute Gasteiger partial charge is 0.491 e. The minimum Gasteiger partial charge on any atom is -0.491 e. The number of nitrogens with zero attached hydrogens (tertiary/aromatic N) is 1. The van der Waals surface area contributed by atoms with E-state index in [0.717, 1.165) is 31.9 Å². The van der Waals surface area contributed by atoms with Crippen LogP contribution in [0, 0.1) is 0 Å². The zero-order valence-electron chi connectivity index (χ0n) is 12.8. The van der Waals surface area contributed by atoms with Crippen LogP contribution in [0.5, 0.6) is 5.75 Å². The maximum Gasteiger partial charge on any atom is 0.119 e. The van der Waals surface area contributed by atoms with Crippen molar-refractivity contribution in [3.8, 4) is 5.75 Å². The first-order chi connectivity index (χ1) is 9.59. The van der Waals surface area contributed by atoms with E-state index in [0.29, 0.717) is 13.2 Å². The highest BCUT2D eigenvalue weighted by Gasteiger charge is 2.25. The predicted octanol–water partition coefficient (Wildman–Crippen LogP) is 1.90. The molecule has 0 saturated carbocycles. The first kappa shape index (κ1) is 15.3. The third kappa shape index (κ3) is 4.78. The number of hydrogen-bond acceptors (Lipinski definition) is 4. The van der Waals surface area contributed by atoms with Gasteiger partial charge in [-0.2, -0.15) is 0 Å². The maximum atomic E-state index is 5.58. The van der Waals surface area contributed by atoms with Crippen LogP contribution in [0.1, 0.15) is 19.4 Å². The van der Waals surface area contributed by atoms with Gasteiger partial charge in [-0.15, -0.1) is 0 Å². The van der Waals surface area contributed by atoms with E-state index >= 15 is 0 Å². The molecule has 1 N–H and O–H groups in total. The number of ether oxygens (including phenoxy) is 2. The van der Waals surface area contributed by atoms with Crippen LogP contribution in [0.4, 0.5) is 0 Å². The molecule has 20 heavy (non-hydrogen) atoms. The fourth-order valence-corrected chi connectivity index (χ4v) is 2.57. The Balaban J connectivity index is 1.84. The zero-order valence-corrected chi connectivity index (χ0v) is 12.8. The van der Waals surface area contributed by atoms with Crippen molar-refractivity contribution in [3.05, 3.63) is 29.8 Å². The lowest BCUT2D eigenvalue weighted by Crippen LogP contribution is -2.56. The number of benzene rings is 1. The van der Waals surface area contributed by atoms with Crippen LogP contribution >= 0.6 is 0 Å². The summed E-state index contributed by atoms with van der Waals surface area (Å²) in [5, 5.41) is 3.54. The molecule has 0 radical (unpaired) electrons. The van der Waals surface area contributed by atoms with E-state index in [-0.39, 0.29) is 5.54 Å². The molecule has 1 aromatic carbocycles. The number of piperazine rings is 1. The van der Waals surface area contributed by atoms with Crippen molar-refractivity contribution >= 4 is 0 Å². The number of methoxy groups -OCH3 is 1. The Morgan fingerprint density at radius 2 is 1.95 bits per heavy atom. The SMILES string of the molecule is COCCOc1ccc(CN2CCNC(C)(C)C2)cc1. The van der Waals surface area contributed by atoms with Crippen LogP contribution in [0.3, 0.4) is 0 Å². The summed E-state index contributed by atoms with van der Waals surface area (Å²) in [5.74, 6) is 0.909. The lowest BCUT2D eigenvalue weighted by molar-refractivity contribution is 0.145. The second-order valence-corrected chi connectivity index (χ2v) is 6.01. The van der Waals surface area contributed by atoms with E-state index in [4.69, 9.17) is 9.47 Å². The maximum absolute atomic E-state index is 5.58. The molecule has 0 aliphatic carbocycles. The van der Waals surface area contributed by atoms with Gasteiger partial charge in [-0.25, -0.2) is 0 Å². The average molecular weight is 278 g/mol. The fourth-order valence-electron chi connectivity index (χ4n) is 2.57. The molecule has 1 aliphatic heterocycles. The van der Waals surface area contributed by atoms with Gasteiger partial charge in [0.1, 0.15) is 12.4 Å². The van der Waals surface area contributed by atoms with E-state index < -0.39 is 0 Å². The Morgan fingerprint density at radius 3 is 2.60 bits per heavy atom. The summed E-state index contributed by atoms with van der Waals surface area (Å²) < 4.78 is 10.5. The summed E-state index contributed by atoms with van der Waals surface area (Å²) in [4.78, 5) is 2.50. The Bertz CT molecular complexity index is 403. The summed E-state index contributed by atoms with van der Waals surface area (Å²) in [5.41, 5.74) is 1.54. The quantitative estimate of drug-likeness (QED) is 0.806. The van der Waals surface area contributed by atoms with Gasteiger partial charge < -0.3 is 14.8 Å². The second-order valence-electron chi connectivity index (χ2n) is 6.01. The Kier molecular flexibility index (Phi) is 5.40. The summed E-state index contributed by atoms with van der Waals surface area (Å²) in [6.45, 7) is 9.99. The van der Waals surface area contributed by atoms with Gasteiger partial charge in [-0.3, -0.25) is 4.90 Å². The second kappa shape index (κ2) is 7.07. The van der Waals surface area contributed by atoms with Gasteiger partial charge in [0.2, 0.25) is 0 Å². The van der Waals surface area contributed by atoms with Gasteiger partial charge in [0, 0.05) is 38.8 Å². The van der Waals surface area contributed by atoms with Crippen LogP contribution in [0.15, 0.2) is 24.3 Å². The van der Waals surface area contributed by atoms with Crippen molar-refractivity contribution in [1.82, 2.24) is 10.2 Å². The predicted molar refractivity (Wildman–Crippen MR) is 81.2 cm³/mol. The lowest BCUT2D eigenvalue weighted by atomic mass is 10.0. The third-order valence-electron chi connectivity index (χ3n) is 3.54. The smallest absolute Gasteiger partial charge is 0.119 e. The van der Waals surface area contributed by atoms with E-state index in [1.165, 1.54) is 5.56 Å².